The minimum absolute atomic E-state index is 0.0543. The maximum atomic E-state index is 10.7. The van der Waals surface area contributed by atoms with Crippen molar-refractivity contribution in [2.75, 3.05) is 0 Å². The topological polar surface area (TPSA) is 82.9 Å². The van der Waals surface area contributed by atoms with Crippen LogP contribution >= 0.6 is 12.2 Å². The molecule has 88 valence electrons. The summed E-state index contributed by atoms with van der Waals surface area (Å²) in [6.45, 7) is 0. The third-order valence-electron chi connectivity index (χ3n) is 3.07. The summed E-state index contributed by atoms with van der Waals surface area (Å²) in [4.78, 5) is 10.7. The van der Waals surface area contributed by atoms with Gasteiger partial charge in [0.2, 0.25) is 0 Å². The molecule has 1 fully saturated rings. The zero-order chi connectivity index (χ0) is 11.7. The highest BCUT2D eigenvalue weighted by Gasteiger charge is 2.32. The first kappa shape index (κ1) is 11.1. The van der Waals surface area contributed by atoms with Crippen LogP contribution in [-0.4, -0.2) is 32.0 Å². The Bertz CT molecular complexity index is 453. The number of amides is 1. The molecule has 1 amide bonds. The van der Waals surface area contributed by atoms with Gasteiger partial charge < -0.3 is 15.0 Å². The summed E-state index contributed by atoms with van der Waals surface area (Å²) in [6.07, 6.45) is 1.83. The molecule has 2 rings (SSSR count). The number of carboxylic acid groups (broad SMARTS) is 1. The van der Waals surface area contributed by atoms with Gasteiger partial charge in [0.15, 0.2) is 4.77 Å². The molecule has 0 saturated heterocycles. The Morgan fingerprint density at radius 3 is 3.00 bits per heavy atom. The Morgan fingerprint density at radius 2 is 2.44 bits per heavy atom. The summed E-state index contributed by atoms with van der Waals surface area (Å²) in [5.41, 5.74) is 0. The van der Waals surface area contributed by atoms with Gasteiger partial charge in [-0.05, 0) is 25.1 Å². The van der Waals surface area contributed by atoms with Crippen LogP contribution in [0.25, 0.3) is 0 Å². The average Bonchev–Trinajstić information content (AvgIpc) is 2.76. The van der Waals surface area contributed by atoms with Crippen molar-refractivity contribution in [1.29, 1.82) is 0 Å². The fourth-order valence-corrected chi connectivity index (χ4v) is 2.43. The van der Waals surface area contributed by atoms with Gasteiger partial charge in [-0.3, -0.25) is 5.10 Å². The maximum Gasteiger partial charge on any atom is 0.404 e. The van der Waals surface area contributed by atoms with E-state index in [-0.39, 0.29) is 12.0 Å². The minimum Gasteiger partial charge on any atom is -0.465 e. The summed E-state index contributed by atoms with van der Waals surface area (Å²) in [6, 6.07) is -0.0543. The number of carbonyl (C=O) groups is 1. The van der Waals surface area contributed by atoms with E-state index in [1.807, 2.05) is 11.6 Å². The molecular weight excluding hydrogens is 228 g/mol. The van der Waals surface area contributed by atoms with Gasteiger partial charge >= 0.3 is 6.09 Å². The van der Waals surface area contributed by atoms with Gasteiger partial charge in [-0.15, -0.1) is 0 Å². The molecule has 1 saturated carbocycles. The molecule has 6 nitrogen and oxygen atoms in total. The molecule has 7 heteroatoms. The minimum atomic E-state index is -0.978. The molecule has 0 aliphatic heterocycles. The molecule has 1 heterocycles. The molecule has 1 aliphatic rings. The molecule has 1 aliphatic carbocycles. The van der Waals surface area contributed by atoms with Gasteiger partial charge in [-0.2, -0.15) is 5.10 Å². The molecule has 3 N–H and O–H groups in total. The smallest absolute Gasteiger partial charge is 0.404 e. The number of hydrogen-bond acceptors (Lipinski definition) is 3. The molecule has 0 spiro atoms. The van der Waals surface area contributed by atoms with Crippen LogP contribution < -0.4 is 5.32 Å². The van der Waals surface area contributed by atoms with Crippen molar-refractivity contribution in [3.8, 4) is 0 Å². The highest BCUT2D eigenvalue weighted by Crippen LogP contribution is 2.33. The first-order valence-corrected chi connectivity index (χ1v) is 5.61. The lowest BCUT2D eigenvalue weighted by molar-refractivity contribution is 0.188. The van der Waals surface area contributed by atoms with E-state index in [1.165, 1.54) is 0 Å². The van der Waals surface area contributed by atoms with Gasteiger partial charge in [0.05, 0.1) is 0 Å². The Morgan fingerprint density at radius 1 is 1.69 bits per heavy atom. The predicted octanol–water partition coefficient (Wildman–Crippen LogP) is 1.38. The molecule has 1 aromatic heterocycles. The molecule has 0 bridgehead atoms. The molecule has 2 atom stereocenters. The Balaban J connectivity index is 2.23. The van der Waals surface area contributed by atoms with Crippen molar-refractivity contribution in [3.05, 3.63) is 10.6 Å². The number of aromatic nitrogens is 3. The van der Waals surface area contributed by atoms with Crippen LogP contribution in [-0.2, 0) is 7.05 Å². The van der Waals surface area contributed by atoms with E-state index < -0.39 is 6.09 Å². The highest BCUT2D eigenvalue weighted by atomic mass is 32.1. The summed E-state index contributed by atoms with van der Waals surface area (Å²) < 4.78 is 2.37. The third-order valence-corrected chi connectivity index (χ3v) is 3.44. The van der Waals surface area contributed by atoms with E-state index in [4.69, 9.17) is 17.3 Å². The van der Waals surface area contributed by atoms with Gasteiger partial charge in [-0.1, -0.05) is 6.42 Å². The number of hydrogen-bond donors (Lipinski definition) is 3. The molecule has 1 aromatic rings. The van der Waals surface area contributed by atoms with Crippen LogP contribution in [0.3, 0.4) is 0 Å². The van der Waals surface area contributed by atoms with Crippen LogP contribution in [0.15, 0.2) is 0 Å². The second-order valence-corrected chi connectivity index (χ2v) is 4.43. The van der Waals surface area contributed by atoms with Crippen molar-refractivity contribution in [2.24, 2.45) is 7.05 Å². The fraction of sp³-hybridized carbons (Fsp3) is 0.667. The average molecular weight is 242 g/mol. The summed E-state index contributed by atoms with van der Waals surface area (Å²) in [5.74, 6) is 0.954. The van der Waals surface area contributed by atoms with Crippen molar-refractivity contribution in [1.82, 2.24) is 20.1 Å². The zero-order valence-electron chi connectivity index (χ0n) is 8.93. The number of H-pyrrole nitrogens is 1. The largest absolute Gasteiger partial charge is 0.465 e. The van der Waals surface area contributed by atoms with Crippen LogP contribution in [0.4, 0.5) is 4.79 Å². The SMILES string of the molecule is Cn1c([C@@H]2CCC[C@@H]2NC(=O)O)n[nH]c1=S. The van der Waals surface area contributed by atoms with Gasteiger partial charge in [0, 0.05) is 19.0 Å². The number of nitrogens with zero attached hydrogens (tertiary/aromatic N) is 2. The second kappa shape index (κ2) is 4.25. The fourth-order valence-electron chi connectivity index (χ4n) is 2.29. The van der Waals surface area contributed by atoms with E-state index in [9.17, 15) is 4.79 Å². The quantitative estimate of drug-likeness (QED) is 0.684. The van der Waals surface area contributed by atoms with E-state index in [2.05, 4.69) is 15.5 Å². The van der Waals surface area contributed by atoms with Crippen molar-refractivity contribution < 1.29 is 9.90 Å². The van der Waals surface area contributed by atoms with Crippen LogP contribution in [0.2, 0.25) is 0 Å². The lowest BCUT2D eigenvalue weighted by Crippen LogP contribution is -2.36. The van der Waals surface area contributed by atoms with E-state index in [0.717, 1.165) is 25.1 Å². The van der Waals surface area contributed by atoms with Gasteiger partial charge in [-0.25, -0.2) is 4.79 Å². The maximum absolute atomic E-state index is 10.7. The normalized spacial score (nSPS) is 24.6. The molecule has 16 heavy (non-hydrogen) atoms. The van der Waals surface area contributed by atoms with Crippen molar-refractivity contribution in [2.45, 2.75) is 31.2 Å². The number of aromatic amines is 1. The standard InChI is InChI=1S/C9H14N4O2S/c1-13-7(11-12-8(13)16)5-3-2-4-6(5)10-9(14)15/h5-6,10H,2-4H2,1H3,(H,12,16)(H,14,15)/t5-,6+/m1/s1. The Hall–Kier alpha value is -1.37. The monoisotopic (exact) mass is 242 g/mol. The Kier molecular flexibility index (Phi) is 2.95. The number of nitrogens with one attached hydrogen (secondary N) is 2. The molecular formula is C9H14N4O2S. The van der Waals surface area contributed by atoms with E-state index in [0.29, 0.717) is 4.77 Å². The molecule has 0 radical (unpaired) electrons. The highest BCUT2D eigenvalue weighted by molar-refractivity contribution is 7.71. The van der Waals surface area contributed by atoms with Crippen molar-refractivity contribution in [3.63, 3.8) is 0 Å². The van der Waals surface area contributed by atoms with Crippen molar-refractivity contribution >= 4 is 18.3 Å². The predicted molar refractivity (Wildman–Crippen MR) is 59.9 cm³/mol. The first-order chi connectivity index (χ1) is 7.59. The number of rotatable bonds is 2. The van der Waals surface area contributed by atoms with Gasteiger partial charge in [0.25, 0.3) is 0 Å². The summed E-state index contributed by atoms with van der Waals surface area (Å²) in [5, 5.41) is 18.2. The van der Waals surface area contributed by atoms with Crippen LogP contribution in [0.5, 0.6) is 0 Å². The lowest BCUT2D eigenvalue weighted by atomic mass is 10.0. The third kappa shape index (κ3) is 1.95. The summed E-state index contributed by atoms with van der Waals surface area (Å²) in [7, 11) is 1.84. The zero-order valence-corrected chi connectivity index (χ0v) is 9.75. The van der Waals surface area contributed by atoms with E-state index >= 15 is 0 Å². The van der Waals surface area contributed by atoms with Gasteiger partial charge in [0.1, 0.15) is 5.82 Å². The summed E-state index contributed by atoms with van der Waals surface area (Å²) >= 11 is 5.04. The van der Waals surface area contributed by atoms with Crippen LogP contribution in [0.1, 0.15) is 31.0 Å². The van der Waals surface area contributed by atoms with Crippen LogP contribution in [0, 0.1) is 4.77 Å². The lowest BCUT2D eigenvalue weighted by Gasteiger charge is -2.18. The van der Waals surface area contributed by atoms with E-state index in [1.54, 1.807) is 0 Å². The molecule has 0 unspecified atom stereocenters. The second-order valence-electron chi connectivity index (χ2n) is 4.04. The Labute approximate surface area is 97.7 Å². The first-order valence-electron chi connectivity index (χ1n) is 5.20. The molecule has 0 aromatic carbocycles.